The van der Waals surface area contributed by atoms with Gasteiger partial charge in [-0.25, -0.2) is 0 Å². The van der Waals surface area contributed by atoms with Crippen LogP contribution in [0.5, 0.6) is 0 Å². The lowest BCUT2D eigenvalue weighted by Gasteiger charge is -2.32. The normalized spacial score (nSPS) is 20.9. The average Bonchev–Trinajstić information content (AvgIpc) is 2.70. The van der Waals surface area contributed by atoms with E-state index in [0.717, 1.165) is 18.2 Å². The van der Waals surface area contributed by atoms with Gasteiger partial charge in [0.05, 0.1) is 21.8 Å². The number of anilines is 2. The Labute approximate surface area is 189 Å². The van der Waals surface area contributed by atoms with Crippen molar-refractivity contribution in [3.05, 3.63) is 46.0 Å². The lowest BCUT2D eigenvalue weighted by Crippen LogP contribution is -2.30. The molecule has 0 spiro atoms. The topological polar surface area (TPSA) is 221 Å². The molecule has 2 aliphatic rings. The van der Waals surface area contributed by atoms with Gasteiger partial charge >= 0.3 is 0 Å². The summed E-state index contributed by atoms with van der Waals surface area (Å²) in [7, 11) is -9.69. The second kappa shape index (κ2) is 7.60. The van der Waals surface area contributed by atoms with E-state index in [4.69, 9.17) is 17.2 Å². The first kappa shape index (κ1) is 23.3. The van der Waals surface area contributed by atoms with Crippen molar-refractivity contribution in [2.45, 2.75) is 47.4 Å². The molecule has 0 bridgehead atoms. The average molecular weight is 496 g/mol. The van der Waals surface area contributed by atoms with Crippen molar-refractivity contribution in [3.63, 3.8) is 0 Å². The van der Waals surface area contributed by atoms with Gasteiger partial charge in [-0.2, -0.15) is 16.8 Å². The van der Waals surface area contributed by atoms with E-state index in [-0.39, 0.29) is 28.3 Å². The number of carbonyl (C=O) groups is 2. The Kier molecular flexibility index (Phi) is 5.37. The van der Waals surface area contributed by atoms with Crippen molar-refractivity contribution >= 4 is 43.2 Å². The highest BCUT2D eigenvalue weighted by atomic mass is 32.2. The second-order valence-electron chi connectivity index (χ2n) is 8.25. The van der Waals surface area contributed by atoms with Crippen LogP contribution in [0.3, 0.4) is 0 Å². The minimum atomic E-state index is -4.99. The van der Waals surface area contributed by atoms with Crippen LogP contribution in [0.2, 0.25) is 0 Å². The summed E-state index contributed by atoms with van der Waals surface area (Å²) in [4.78, 5) is 25.4. The Morgan fingerprint density at radius 1 is 0.788 bits per heavy atom. The Hall–Kier alpha value is -2.84. The summed E-state index contributed by atoms with van der Waals surface area (Å²) >= 11 is 0. The second-order valence-corrected chi connectivity index (χ2v) is 11.0. The zero-order valence-corrected chi connectivity index (χ0v) is 18.7. The molecule has 0 radical (unpaired) electrons. The number of hydrogen-bond acceptors (Lipinski definition) is 9. The summed E-state index contributed by atoms with van der Waals surface area (Å²) in [5, 5.41) is 0. The molecular formula is C20H21N3O8S2. The molecule has 33 heavy (non-hydrogen) atoms. The highest BCUT2D eigenvalue weighted by Gasteiger charge is 2.41. The van der Waals surface area contributed by atoms with Gasteiger partial charge in [0, 0.05) is 22.7 Å². The standard InChI is InChI=1S/C20H21N3O8S2/c21-9-3-1-8(2-4-9)13-14-15(17(23)20(16(13)22)33(29,30)31)19(25)12-7-10(32(26,27)28)5-6-11(12)18(14)24/h5-9H,1-4,21-23H2,(H,26,27,28)(H,29,30,31). The summed E-state index contributed by atoms with van der Waals surface area (Å²) in [5.41, 5.74) is 15.9. The van der Waals surface area contributed by atoms with Crippen LogP contribution in [0.25, 0.3) is 0 Å². The molecule has 2 aliphatic carbocycles. The van der Waals surface area contributed by atoms with E-state index in [9.17, 15) is 35.5 Å². The summed E-state index contributed by atoms with van der Waals surface area (Å²) in [6, 6.07) is 2.80. The van der Waals surface area contributed by atoms with E-state index in [1.807, 2.05) is 0 Å². The molecule has 1 saturated carbocycles. The predicted molar refractivity (Wildman–Crippen MR) is 117 cm³/mol. The van der Waals surface area contributed by atoms with Gasteiger partial charge in [0.15, 0.2) is 11.6 Å². The van der Waals surface area contributed by atoms with Gasteiger partial charge in [-0.15, -0.1) is 0 Å². The van der Waals surface area contributed by atoms with Crippen molar-refractivity contribution in [2.75, 3.05) is 11.5 Å². The van der Waals surface area contributed by atoms with E-state index >= 15 is 0 Å². The third-order valence-corrected chi connectivity index (χ3v) is 8.04. The van der Waals surface area contributed by atoms with Crippen LogP contribution < -0.4 is 17.2 Å². The SMILES string of the molecule is Nc1c2c(c(C3CCC(N)CC3)c(N)c1S(=O)(=O)O)C(=O)c1ccc(S(=O)(=O)O)cc1C2=O. The molecule has 0 saturated heterocycles. The van der Waals surface area contributed by atoms with Gasteiger partial charge in [0.2, 0.25) is 0 Å². The maximum Gasteiger partial charge on any atom is 0.298 e. The van der Waals surface area contributed by atoms with Gasteiger partial charge in [-0.3, -0.25) is 18.7 Å². The van der Waals surface area contributed by atoms with Crippen LogP contribution >= 0.6 is 0 Å². The highest BCUT2D eigenvalue weighted by Crippen LogP contribution is 2.47. The van der Waals surface area contributed by atoms with E-state index in [2.05, 4.69) is 0 Å². The summed E-state index contributed by atoms with van der Waals surface area (Å²) in [6.07, 6.45) is 2.06. The first-order valence-corrected chi connectivity index (χ1v) is 12.8. The maximum atomic E-state index is 13.5. The van der Waals surface area contributed by atoms with Crippen LogP contribution in [0.1, 0.15) is 69.0 Å². The molecule has 176 valence electrons. The number of ketones is 2. The first-order valence-electron chi connectivity index (χ1n) is 9.92. The van der Waals surface area contributed by atoms with Crippen LogP contribution in [0.4, 0.5) is 11.4 Å². The number of nitrogen functional groups attached to an aromatic ring is 2. The number of carbonyl (C=O) groups excluding carboxylic acids is 2. The molecule has 0 aromatic heterocycles. The molecule has 1 fully saturated rings. The zero-order chi connectivity index (χ0) is 24.5. The van der Waals surface area contributed by atoms with Gasteiger partial charge in [0.25, 0.3) is 20.2 Å². The fourth-order valence-electron chi connectivity index (χ4n) is 4.71. The minimum Gasteiger partial charge on any atom is -0.397 e. The minimum absolute atomic E-state index is 0.0787. The summed E-state index contributed by atoms with van der Waals surface area (Å²) < 4.78 is 66.5. The summed E-state index contributed by atoms with van der Waals surface area (Å²) in [5.74, 6) is -2.05. The molecule has 13 heteroatoms. The number of hydrogen-bond donors (Lipinski definition) is 5. The smallest absolute Gasteiger partial charge is 0.298 e. The quantitative estimate of drug-likeness (QED) is 0.256. The van der Waals surface area contributed by atoms with E-state index < -0.39 is 64.4 Å². The van der Waals surface area contributed by atoms with Crippen LogP contribution in [0, 0.1) is 0 Å². The van der Waals surface area contributed by atoms with E-state index in [1.165, 1.54) is 0 Å². The van der Waals surface area contributed by atoms with E-state index in [1.54, 1.807) is 0 Å². The molecule has 4 rings (SSSR count). The molecule has 2 aromatic carbocycles. The van der Waals surface area contributed by atoms with Crippen molar-refractivity contribution in [3.8, 4) is 0 Å². The van der Waals surface area contributed by atoms with Crippen molar-refractivity contribution < 1.29 is 35.5 Å². The largest absolute Gasteiger partial charge is 0.397 e. The maximum absolute atomic E-state index is 13.5. The molecule has 11 nitrogen and oxygen atoms in total. The van der Waals surface area contributed by atoms with Crippen molar-refractivity contribution in [1.29, 1.82) is 0 Å². The molecule has 0 atom stereocenters. The van der Waals surface area contributed by atoms with E-state index in [0.29, 0.717) is 25.7 Å². The fourth-order valence-corrected chi connectivity index (χ4v) is 5.98. The predicted octanol–water partition coefficient (Wildman–Crippen LogP) is 1.10. The lowest BCUT2D eigenvalue weighted by molar-refractivity contribution is 0.0978. The Bertz CT molecular complexity index is 1440. The van der Waals surface area contributed by atoms with Gasteiger partial charge < -0.3 is 17.2 Å². The third-order valence-electron chi connectivity index (χ3n) is 6.24. The van der Waals surface area contributed by atoms with Crippen LogP contribution in [-0.4, -0.2) is 43.5 Å². The van der Waals surface area contributed by atoms with Gasteiger partial charge in [-0.1, -0.05) is 0 Å². The Morgan fingerprint density at radius 2 is 1.36 bits per heavy atom. The molecule has 0 amide bonds. The van der Waals surface area contributed by atoms with Gasteiger partial charge in [-0.05, 0) is 55.4 Å². The monoisotopic (exact) mass is 495 g/mol. The lowest BCUT2D eigenvalue weighted by atomic mass is 9.73. The fraction of sp³-hybridized carbons (Fsp3) is 0.300. The molecule has 2 aromatic rings. The van der Waals surface area contributed by atoms with Crippen molar-refractivity contribution in [1.82, 2.24) is 0 Å². The molecule has 0 heterocycles. The molecule has 0 aliphatic heterocycles. The number of rotatable bonds is 3. The summed E-state index contributed by atoms with van der Waals surface area (Å²) in [6.45, 7) is 0. The molecular weight excluding hydrogens is 474 g/mol. The van der Waals surface area contributed by atoms with Gasteiger partial charge in [0.1, 0.15) is 4.90 Å². The first-order chi connectivity index (χ1) is 15.2. The zero-order valence-electron chi connectivity index (χ0n) is 17.1. The van der Waals surface area contributed by atoms with Crippen molar-refractivity contribution in [2.24, 2.45) is 5.73 Å². The molecule has 8 N–H and O–H groups in total. The molecule has 0 unspecified atom stereocenters. The number of nitrogens with two attached hydrogens (primary N) is 3. The Balaban J connectivity index is 2.07. The number of fused-ring (bicyclic) bond motifs is 2. The van der Waals surface area contributed by atoms with Crippen LogP contribution in [-0.2, 0) is 20.2 Å². The number of benzene rings is 2. The third kappa shape index (κ3) is 3.71. The highest BCUT2D eigenvalue weighted by molar-refractivity contribution is 7.86. The van der Waals surface area contributed by atoms with Crippen LogP contribution in [0.15, 0.2) is 28.0 Å². The Morgan fingerprint density at radius 3 is 1.91 bits per heavy atom.